The Morgan fingerprint density at radius 1 is 1.00 bits per heavy atom. The molecule has 1 heterocycles. The van der Waals surface area contributed by atoms with E-state index in [1.54, 1.807) is 0 Å². The minimum Gasteiger partial charge on any atom is -0.355 e. The molecule has 82 valence electrons. The molecule has 0 bridgehead atoms. The van der Waals surface area contributed by atoms with Gasteiger partial charge < -0.3 is 10.7 Å². The van der Waals surface area contributed by atoms with Crippen LogP contribution in [0.2, 0.25) is 0 Å². The van der Waals surface area contributed by atoms with Crippen LogP contribution in [-0.2, 0) is 0 Å². The minimum absolute atomic E-state index is 0.395. The van der Waals surface area contributed by atoms with Crippen molar-refractivity contribution in [2.45, 2.75) is 0 Å². The average molecular weight is 220 g/mol. The summed E-state index contributed by atoms with van der Waals surface area (Å²) in [6.45, 7) is 0.395. The third-order valence-electron chi connectivity index (χ3n) is 2.84. The summed E-state index contributed by atoms with van der Waals surface area (Å²) in [5.41, 5.74) is 8.69. The molecular formula is C15H12N2. The fourth-order valence-corrected chi connectivity index (χ4v) is 2.08. The second-order valence-electron chi connectivity index (χ2n) is 3.94. The number of H-pyrrole nitrogens is 1. The van der Waals surface area contributed by atoms with E-state index in [-0.39, 0.29) is 0 Å². The second-order valence-corrected chi connectivity index (χ2v) is 3.94. The molecule has 3 aromatic rings. The van der Waals surface area contributed by atoms with Crippen molar-refractivity contribution in [2.75, 3.05) is 6.54 Å². The van der Waals surface area contributed by atoms with Crippen molar-refractivity contribution in [3.05, 3.63) is 48.0 Å². The monoisotopic (exact) mass is 220 g/mol. The topological polar surface area (TPSA) is 41.8 Å². The number of nitrogens with two attached hydrogens (primary N) is 1. The number of para-hydroxylation sites is 1. The molecule has 2 nitrogen and oxygen atoms in total. The molecule has 0 fully saturated rings. The van der Waals surface area contributed by atoms with Gasteiger partial charge in [0.2, 0.25) is 0 Å². The largest absolute Gasteiger partial charge is 0.355 e. The van der Waals surface area contributed by atoms with Gasteiger partial charge in [-0.05, 0) is 24.3 Å². The van der Waals surface area contributed by atoms with Crippen molar-refractivity contribution < 1.29 is 0 Å². The van der Waals surface area contributed by atoms with Crippen LogP contribution in [0.1, 0.15) is 5.56 Å². The highest BCUT2D eigenvalue weighted by molar-refractivity contribution is 6.07. The third-order valence-corrected chi connectivity index (χ3v) is 2.84. The Labute approximate surface area is 99.4 Å². The maximum absolute atomic E-state index is 5.38. The van der Waals surface area contributed by atoms with Crippen molar-refractivity contribution >= 4 is 21.8 Å². The molecule has 0 saturated heterocycles. The zero-order valence-electron chi connectivity index (χ0n) is 9.33. The lowest BCUT2D eigenvalue weighted by Gasteiger charge is -1.92. The van der Waals surface area contributed by atoms with Crippen LogP contribution in [0.3, 0.4) is 0 Å². The zero-order valence-corrected chi connectivity index (χ0v) is 9.33. The molecule has 0 saturated carbocycles. The molecule has 0 atom stereocenters. The van der Waals surface area contributed by atoms with Crippen LogP contribution in [0.5, 0.6) is 0 Å². The number of hydrogen-bond donors (Lipinski definition) is 2. The summed E-state index contributed by atoms with van der Waals surface area (Å²) >= 11 is 0. The smallest absolute Gasteiger partial charge is 0.0555 e. The van der Waals surface area contributed by atoms with E-state index in [0.29, 0.717) is 6.54 Å². The first-order chi connectivity index (χ1) is 8.38. The Bertz CT molecular complexity index is 742. The van der Waals surface area contributed by atoms with E-state index in [0.717, 1.165) is 16.6 Å². The van der Waals surface area contributed by atoms with Gasteiger partial charge in [-0.2, -0.15) is 0 Å². The number of rotatable bonds is 0. The van der Waals surface area contributed by atoms with Crippen molar-refractivity contribution in [3.8, 4) is 11.8 Å². The number of fused-ring (bicyclic) bond motifs is 3. The summed E-state index contributed by atoms with van der Waals surface area (Å²) in [6, 6.07) is 14.5. The number of benzene rings is 2. The highest BCUT2D eigenvalue weighted by Crippen LogP contribution is 2.25. The van der Waals surface area contributed by atoms with E-state index < -0.39 is 0 Å². The number of aromatic amines is 1. The molecule has 3 rings (SSSR count). The molecule has 0 spiro atoms. The Morgan fingerprint density at radius 2 is 1.82 bits per heavy atom. The Balaban J connectivity index is 2.30. The molecule has 0 unspecified atom stereocenters. The first-order valence-corrected chi connectivity index (χ1v) is 5.58. The normalized spacial score (nSPS) is 10.4. The van der Waals surface area contributed by atoms with Crippen LogP contribution in [0.25, 0.3) is 21.8 Å². The fourth-order valence-electron chi connectivity index (χ4n) is 2.08. The average Bonchev–Trinajstić information content (AvgIpc) is 2.74. The van der Waals surface area contributed by atoms with E-state index in [1.807, 2.05) is 18.2 Å². The third kappa shape index (κ3) is 1.67. The quantitative estimate of drug-likeness (QED) is 0.562. The van der Waals surface area contributed by atoms with E-state index >= 15 is 0 Å². The number of hydrogen-bond acceptors (Lipinski definition) is 1. The summed E-state index contributed by atoms with van der Waals surface area (Å²) in [6.07, 6.45) is 0. The minimum atomic E-state index is 0.395. The summed E-state index contributed by atoms with van der Waals surface area (Å²) in [5, 5.41) is 2.45. The van der Waals surface area contributed by atoms with Crippen LogP contribution in [-0.4, -0.2) is 11.5 Å². The zero-order chi connectivity index (χ0) is 11.7. The van der Waals surface area contributed by atoms with Gasteiger partial charge in [-0.15, -0.1) is 0 Å². The van der Waals surface area contributed by atoms with Crippen LogP contribution in [0.4, 0.5) is 0 Å². The fraction of sp³-hybridized carbons (Fsp3) is 0.0667. The van der Waals surface area contributed by atoms with Gasteiger partial charge in [0.05, 0.1) is 6.54 Å². The van der Waals surface area contributed by atoms with Gasteiger partial charge in [0.25, 0.3) is 0 Å². The molecule has 3 N–H and O–H groups in total. The van der Waals surface area contributed by atoms with Crippen molar-refractivity contribution in [1.82, 2.24) is 4.98 Å². The number of nitrogens with one attached hydrogen (secondary N) is 1. The van der Waals surface area contributed by atoms with Gasteiger partial charge in [-0.1, -0.05) is 30.0 Å². The first kappa shape index (κ1) is 9.95. The predicted octanol–water partition coefficient (Wildman–Crippen LogP) is 2.63. The highest BCUT2D eigenvalue weighted by atomic mass is 14.7. The van der Waals surface area contributed by atoms with Gasteiger partial charge in [0.1, 0.15) is 0 Å². The summed E-state index contributed by atoms with van der Waals surface area (Å²) < 4.78 is 0. The Morgan fingerprint density at radius 3 is 2.71 bits per heavy atom. The summed E-state index contributed by atoms with van der Waals surface area (Å²) in [7, 11) is 0. The number of aromatic nitrogens is 1. The van der Waals surface area contributed by atoms with E-state index in [9.17, 15) is 0 Å². The lowest BCUT2D eigenvalue weighted by atomic mass is 10.1. The van der Waals surface area contributed by atoms with Crippen molar-refractivity contribution in [1.29, 1.82) is 0 Å². The molecule has 2 aromatic carbocycles. The van der Waals surface area contributed by atoms with Gasteiger partial charge in [0.15, 0.2) is 0 Å². The first-order valence-electron chi connectivity index (χ1n) is 5.58. The second kappa shape index (κ2) is 3.97. The van der Waals surface area contributed by atoms with E-state index in [4.69, 9.17) is 5.73 Å². The Kier molecular flexibility index (Phi) is 2.32. The molecule has 0 amide bonds. The SMILES string of the molecule is NCC#Cc1ccc2[nH]c3ccccc3c2c1. The molecule has 0 aliphatic heterocycles. The maximum Gasteiger partial charge on any atom is 0.0555 e. The van der Waals surface area contributed by atoms with Gasteiger partial charge in [-0.25, -0.2) is 0 Å². The predicted molar refractivity (Wildman–Crippen MR) is 71.7 cm³/mol. The van der Waals surface area contributed by atoms with Crippen LogP contribution < -0.4 is 5.73 Å². The van der Waals surface area contributed by atoms with Crippen molar-refractivity contribution in [2.24, 2.45) is 5.73 Å². The van der Waals surface area contributed by atoms with E-state index in [2.05, 4.69) is 41.1 Å². The molecule has 0 radical (unpaired) electrons. The summed E-state index contributed by atoms with van der Waals surface area (Å²) in [5.74, 6) is 5.94. The van der Waals surface area contributed by atoms with Crippen LogP contribution in [0, 0.1) is 11.8 Å². The van der Waals surface area contributed by atoms with Gasteiger partial charge in [0, 0.05) is 27.4 Å². The highest BCUT2D eigenvalue weighted by Gasteiger charge is 2.02. The standard InChI is InChI=1S/C15H12N2/c16-9-3-4-11-7-8-15-13(10-11)12-5-1-2-6-14(12)17-15/h1-2,5-8,10,17H,9,16H2. The van der Waals surface area contributed by atoms with Gasteiger partial charge in [-0.3, -0.25) is 0 Å². The molecule has 2 heteroatoms. The van der Waals surface area contributed by atoms with E-state index in [1.165, 1.54) is 10.8 Å². The maximum atomic E-state index is 5.38. The lowest BCUT2D eigenvalue weighted by Crippen LogP contribution is -1.92. The Hall–Kier alpha value is -2.24. The lowest BCUT2D eigenvalue weighted by molar-refractivity contribution is 1.30. The molecule has 17 heavy (non-hydrogen) atoms. The molecule has 0 aliphatic rings. The molecule has 0 aliphatic carbocycles. The van der Waals surface area contributed by atoms with Crippen LogP contribution >= 0.6 is 0 Å². The van der Waals surface area contributed by atoms with Gasteiger partial charge >= 0.3 is 0 Å². The van der Waals surface area contributed by atoms with Crippen LogP contribution in [0.15, 0.2) is 42.5 Å². The molecular weight excluding hydrogens is 208 g/mol. The summed E-state index contributed by atoms with van der Waals surface area (Å²) in [4.78, 5) is 3.39. The van der Waals surface area contributed by atoms with Crippen molar-refractivity contribution in [3.63, 3.8) is 0 Å². The molecule has 1 aromatic heterocycles.